The zero-order chi connectivity index (χ0) is 19.1. The van der Waals surface area contributed by atoms with Crippen molar-refractivity contribution in [1.82, 2.24) is 25.0 Å². The van der Waals surface area contributed by atoms with Gasteiger partial charge in [-0.15, -0.1) is 21.5 Å². The molecule has 0 radical (unpaired) electrons. The first-order valence-corrected chi connectivity index (χ1v) is 10.8. The highest BCUT2D eigenvalue weighted by Gasteiger charge is 2.23. The van der Waals surface area contributed by atoms with Crippen LogP contribution in [0.15, 0.2) is 18.2 Å². The van der Waals surface area contributed by atoms with Gasteiger partial charge in [0.25, 0.3) is 0 Å². The molecule has 2 aliphatic rings. The number of piperazine rings is 1. The van der Waals surface area contributed by atoms with Crippen LogP contribution < -0.4 is 9.80 Å². The molecule has 5 rings (SSSR count). The third-order valence-electron chi connectivity index (χ3n) is 5.57. The van der Waals surface area contributed by atoms with Gasteiger partial charge in [-0.2, -0.15) is 5.10 Å². The summed E-state index contributed by atoms with van der Waals surface area (Å²) in [4.78, 5) is 11.2. The summed E-state index contributed by atoms with van der Waals surface area (Å²) in [6, 6.07) is 6.10. The molecular formula is C20H25N7S. The lowest BCUT2D eigenvalue weighted by Crippen LogP contribution is -2.46. The van der Waals surface area contributed by atoms with E-state index in [1.165, 1.54) is 35.0 Å². The third kappa shape index (κ3) is 3.26. The SMILES string of the molecule is Cc1cc(C)n(-c2ccc(N3CCN(c4nc5c(s4)CCCC5)CC3)nn2)n1. The van der Waals surface area contributed by atoms with Crippen LogP contribution in [0.5, 0.6) is 0 Å². The molecule has 0 saturated carbocycles. The number of hydrogen-bond donors (Lipinski definition) is 0. The van der Waals surface area contributed by atoms with Crippen LogP contribution in [-0.4, -0.2) is 51.1 Å². The number of aromatic nitrogens is 5. The van der Waals surface area contributed by atoms with Crippen LogP contribution >= 0.6 is 11.3 Å². The maximum absolute atomic E-state index is 4.92. The Morgan fingerprint density at radius 3 is 2.29 bits per heavy atom. The van der Waals surface area contributed by atoms with E-state index in [0.29, 0.717) is 0 Å². The van der Waals surface area contributed by atoms with Gasteiger partial charge in [0, 0.05) is 36.8 Å². The summed E-state index contributed by atoms with van der Waals surface area (Å²) in [5.41, 5.74) is 3.40. The molecule has 7 nitrogen and oxygen atoms in total. The first-order chi connectivity index (χ1) is 13.7. The van der Waals surface area contributed by atoms with Gasteiger partial charge in [-0.05, 0) is 57.7 Å². The van der Waals surface area contributed by atoms with Gasteiger partial charge in [-0.1, -0.05) is 0 Å². The maximum atomic E-state index is 4.92. The minimum Gasteiger partial charge on any atom is -0.352 e. The predicted molar refractivity (Wildman–Crippen MR) is 112 cm³/mol. The van der Waals surface area contributed by atoms with Crippen LogP contribution in [0.1, 0.15) is 34.8 Å². The average Bonchev–Trinajstić information content (AvgIpc) is 3.31. The van der Waals surface area contributed by atoms with E-state index in [-0.39, 0.29) is 0 Å². The minimum absolute atomic E-state index is 0.765. The van der Waals surface area contributed by atoms with Gasteiger partial charge in [-0.25, -0.2) is 9.67 Å². The summed E-state index contributed by atoms with van der Waals surface area (Å²) >= 11 is 1.90. The summed E-state index contributed by atoms with van der Waals surface area (Å²) in [7, 11) is 0. The quantitative estimate of drug-likeness (QED) is 0.679. The van der Waals surface area contributed by atoms with Crippen LogP contribution in [0.4, 0.5) is 10.9 Å². The van der Waals surface area contributed by atoms with Crippen molar-refractivity contribution in [3.8, 4) is 5.82 Å². The topological polar surface area (TPSA) is 63.0 Å². The molecular weight excluding hydrogens is 370 g/mol. The van der Waals surface area contributed by atoms with Gasteiger partial charge in [-0.3, -0.25) is 0 Å². The smallest absolute Gasteiger partial charge is 0.185 e. The van der Waals surface area contributed by atoms with Gasteiger partial charge in [0.1, 0.15) is 0 Å². The number of thiazole rings is 1. The van der Waals surface area contributed by atoms with Crippen molar-refractivity contribution in [1.29, 1.82) is 0 Å². The van der Waals surface area contributed by atoms with Crippen molar-refractivity contribution in [3.63, 3.8) is 0 Å². The van der Waals surface area contributed by atoms with E-state index < -0.39 is 0 Å². The van der Waals surface area contributed by atoms with Crippen LogP contribution in [0.2, 0.25) is 0 Å². The number of anilines is 2. The van der Waals surface area contributed by atoms with E-state index in [1.54, 1.807) is 0 Å². The molecule has 0 amide bonds. The first-order valence-electron chi connectivity index (χ1n) is 10.0. The standard InChI is InChI=1S/C20H25N7S/c1-14-13-15(2)27(24-14)19-8-7-18(22-23-19)25-9-11-26(12-10-25)20-21-16-5-3-4-6-17(16)28-20/h7-8,13H,3-6,9-12H2,1-2H3. The molecule has 146 valence electrons. The lowest BCUT2D eigenvalue weighted by molar-refractivity contribution is 0.637. The number of hydrogen-bond acceptors (Lipinski definition) is 7. The zero-order valence-electron chi connectivity index (χ0n) is 16.4. The molecule has 28 heavy (non-hydrogen) atoms. The number of rotatable bonds is 3. The van der Waals surface area contributed by atoms with Crippen LogP contribution in [-0.2, 0) is 12.8 Å². The lowest BCUT2D eigenvalue weighted by atomic mass is 10.0. The van der Waals surface area contributed by atoms with Crippen molar-refractivity contribution in [2.75, 3.05) is 36.0 Å². The molecule has 0 spiro atoms. The van der Waals surface area contributed by atoms with Crippen molar-refractivity contribution in [3.05, 3.63) is 40.2 Å². The second-order valence-corrected chi connectivity index (χ2v) is 8.70. The largest absolute Gasteiger partial charge is 0.352 e. The molecule has 1 aliphatic heterocycles. The highest BCUT2D eigenvalue weighted by atomic mass is 32.1. The van der Waals surface area contributed by atoms with E-state index in [4.69, 9.17) is 4.98 Å². The highest BCUT2D eigenvalue weighted by molar-refractivity contribution is 7.15. The lowest BCUT2D eigenvalue weighted by Gasteiger charge is -2.35. The second-order valence-electron chi connectivity index (χ2n) is 7.64. The van der Waals surface area contributed by atoms with Crippen LogP contribution in [0.25, 0.3) is 5.82 Å². The Kier molecular flexibility index (Phi) is 4.50. The molecule has 0 atom stereocenters. The van der Waals surface area contributed by atoms with E-state index in [2.05, 4.69) is 31.2 Å². The molecule has 0 aromatic carbocycles. The van der Waals surface area contributed by atoms with Gasteiger partial charge >= 0.3 is 0 Å². The number of aryl methyl sites for hydroxylation is 4. The fraction of sp³-hybridized carbons (Fsp3) is 0.500. The van der Waals surface area contributed by atoms with Crippen LogP contribution in [0.3, 0.4) is 0 Å². The van der Waals surface area contributed by atoms with Crippen LogP contribution in [0, 0.1) is 13.8 Å². The van der Waals surface area contributed by atoms with Gasteiger partial charge in [0.2, 0.25) is 0 Å². The molecule has 1 aliphatic carbocycles. The van der Waals surface area contributed by atoms with Gasteiger partial charge in [0.15, 0.2) is 16.8 Å². The minimum atomic E-state index is 0.765. The van der Waals surface area contributed by atoms with Crippen molar-refractivity contribution < 1.29 is 0 Å². The molecule has 1 saturated heterocycles. The summed E-state index contributed by atoms with van der Waals surface area (Å²) < 4.78 is 1.84. The van der Waals surface area contributed by atoms with E-state index in [1.807, 2.05) is 42.0 Å². The maximum Gasteiger partial charge on any atom is 0.185 e. The van der Waals surface area contributed by atoms with Crippen molar-refractivity contribution in [2.45, 2.75) is 39.5 Å². The Morgan fingerprint density at radius 1 is 0.893 bits per heavy atom. The molecule has 8 heteroatoms. The fourth-order valence-electron chi connectivity index (χ4n) is 4.06. The molecule has 4 heterocycles. The molecule has 0 bridgehead atoms. The zero-order valence-corrected chi connectivity index (χ0v) is 17.2. The summed E-state index contributed by atoms with van der Waals surface area (Å²) in [6.07, 6.45) is 4.97. The molecule has 3 aromatic rings. The van der Waals surface area contributed by atoms with Crippen molar-refractivity contribution >= 4 is 22.3 Å². The highest BCUT2D eigenvalue weighted by Crippen LogP contribution is 2.32. The summed E-state index contributed by atoms with van der Waals surface area (Å²) in [5.74, 6) is 1.70. The van der Waals surface area contributed by atoms with E-state index in [0.717, 1.165) is 55.6 Å². The number of fused-ring (bicyclic) bond motifs is 1. The Balaban J connectivity index is 1.25. The van der Waals surface area contributed by atoms with Gasteiger partial charge < -0.3 is 9.80 Å². The monoisotopic (exact) mass is 395 g/mol. The normalized spacial score (nSPS) is 17.1. The Morgan fingerprint density at radius 2 is 1.61 bits per heavy atom. The molecule has 3 aromatic heterocycles. The molecule has 0 unspecified atom stereocenters. The predicted octanol–water partition coefficient (Wildman–Crippen LogP) is 2.94. The average molecular weight is 396 g/mol. The third-order valence-corrected chi connectivity index (χ3v) is 6.79. The number of nitrogens with zero attached hydrogens (tertiary/aromatic N) is 7. The van der Waals surface area contributed by atoms with E-state index in [9.17, 15) is 0 Å². The first kappa shape index (κ1) is 17.6. The Hall–Kier alpha value is -2.48. The van der Waals surface area contributed by atoms with E-state index >= 15 is 0 Å². The Bertz CT molecular complexity index is 944. The summed E-state index contributed by atoms with van der Waals surface area (Å²) in [5, 5.41) is 14.6. The van der Waals surface area contributed by atoms with Crippen molar-refractivity contribution in [2.24, 2.45) is 0 Å². The second kappa shape index (κ2) is 7.16. The molecule has 1 fully saturated rings. The molecule has 0 N–H and O–H groups in total. The Labute approximate surface area is 169 Å². The summed E-state index contributed by atoms with van der Waals surface area (Å²) in [6.45, 7) is 7.87. The van der Waals surface area contributed by atoms with Gasteiger partial charge in [0.05, 0.1) is 11.4 Å². The fourth-order valence-corrected chi connectivity index (χ4v) is 5.26.